The van der Waals surface area contributed by atoms with Crippen molar-refractivity contribution in [2.24, 2.45) is 5.73 Å². The van der Waals surface area contributed by atoms with E-state index in [-0.39, 0.29) is 28.9 Å². The predicted octanol–water partition coefficient (Wildman–Crippen LogP) is 3.89. The van der Waals surface area contributed by atoms with E-state index < -0.39 is 34.1 Å². The molecule has 0 bridgehead atoms. The maximum atomic E-state index is 14.1. The first-order valence-electron chi connectivity index (χ1n) is 11.8. The van der Waals surface area contributed by atoms with Gasteiger partial charge in [-0.3, -0.25) is 9.13 Å². The third kappa shape index (κ3) is 5.17. The molecule has 0 atom stereocenters. The molecule has 12 heteroatoms. The van der Waals surface area contributed by atoms with Gasteiger partial charge in [0.2, 0.25) is 0 Å². The molecule has 5 rings (SSSR count). The van der Waals surface area contributed by atoms with Gasteiger partial charge in [-0.25, -0.2) is 17.6 Å². The van der Waals surface area contributed by atoms with Crippen LogP contribution in [0, 0.1) is 5.82 Å². The van der Waals surface area contributed by atoms with Crippen molar-refractivity contribution in [3.05, 3.63) is 70.0 Å². The summed E-state index contributed by atoms with van der Waals surface area (Å²) in [7, 11) is -3.21. The first-order valence-corrected chi connectivity index (χ1v) is 13.8. The molecule has 2 aromatic heterocycles. The monoisotopic (exact) mass is 538 g/mol. The lowest BCUT2D eigenvalue weighted by Crippen LogP contribution is -2.30. The molecule has 4 aromatic rings. The van der Waals surface area contributed by atoms with E-state index in [1.807, 2.05) is 28.8 Å². The molecule has 1 fully saturated rings. The molecule has 0 radical (unpaired) electrons. The van der Waals surface area contributed by atoms with E-state index >= 15 is 0 Å². The Morgan fingerprint density at radius 2 is 1.68 bits per heavy atom. The van der Waals surface area contributed by atoms with Gasteiger partial charge in [0.1, 0.15) is 22.2 Å². The highest BCUT2D eigenvalue weighted by Gasteiger charge is 2.40. The van der Waals surface area contributed by atoms with E-state index in [4.69, 9.17) is 5.73 Å². The fourth-order valence-electron chi connectivity index (χ4n) is 4.88. The quantitative estimate of drug-likeness (QED) is 0.345. The second-order valence-electron chi connectivity index (χ2n) is 9.90. The van der Waals surface area contributed by atoms with Gasteiger partial charge in [-0.15, -0.1) is 0 Å². The number of nitrogens with two attached hydrogens (primary N) is 1. The lowest BCUT2D eigenvalue weighted by Gasteiger charge is -2.13. The Labute approximate surface area is 210 Å². The summed E-state index contributed by atoms with van der Waals surface area (Å²) in [5, 5.41) is 0.821. The number of fused-ring (bicyclic) bond motifs is 2. The Morgan fingerprint density at radius 3 is 2.32 bits per heavy atom. The molecular weight excluding hydrogens is 512 g/mol. The minimum atomic E-state index is -4.64. The summed E-state index contributed by atoms with van der Waals surface area (Å²) in [5.74, 6) is -0.729. The standard InChI is InChI=1S/C25H26F4N4O3S/c1-37(35,36)10-2-9-31-19(12-16-11-17(3-5-20(16)31)24(30)7-8-24)14-32-22-13-18(26)4-6-21(22)33(23(32)34)15-25(27,28)29/h3-6,11-13H,2,7-10,14-15,30H2,1H3. The summed E-state index contributed by atoms with van der Waals surface area (Å²) in [6, 6.07) is 10.8. The average molecular weight is 539 g/mol. The number of sulfone groups is 1. The number of hydrogen-bond donors (Lipinski definition) is 1. The molecule has 1 aliphatic rings. The van der Waals surface area contributed by atoms with Crippen LogP contribution < -0.4 is 11.4 Å². The molecule has 1 aliphatic carbocycles. The van der Waals surface area contributed by atoms with Crippen molar-refractivity contribution in [3.63, 3.8) is 0 Å². The number of aromatic nitrogens is 3. The van der Waals surface area contributed by atoms with Gasteiger partial charge in [-0.1, -0.05) is 6.07 Å². The van der Waals surface area contributed by atoms with E-state index in [0.29, 0.717) is 23.2 Å². The molecular formula is C25H26F4N4O3S. The van der Waals surface area contributed by atoms with Gasteiger partial charge in [-0.05, 0) is 61.2 Å². The lowest BCUT2D eigenvalue weighted by atomic mass is 10.0. The summed E-state index contributed by atoms with van der Waals surface area (Å²) >= 11 is 0. The van der Waals surface area contributed by atoms with Crippen LogP contribution in [0.2, 0.25) is 0 Å². The fourth-order valence-corrected chi connectivity index (χ4v) is 5.53. The number of hydrogen-bond acceptors (Lipinski definition) is 4. The maximum absolute atomic E-state index is 14.1. The number of imidazole rings is 1. The number of rotatable bonds is 8. The van der Waals surface area contributed by atoms with Gasteiger partial charge >= 0.3 is 11.9 Å². The normalized spacial score (nSPS) is 15.6. The molecule has 2 aromatic carbocycles. The highest BCUT2D eigenvalue weighted by atomic mass is 32.2. The Hall–Kier alpha value is -3.12. The molecule has 37 heavy (non-hydrogen) atoms. The van der Waals surface area contributed by atoms with Gasteiger partial charge in [0.15, 0.2) is 0 Å². The number of alkyl halides is 3. The summed E-state index contributed by atoms with van der Waals surface area (Å²) in [6.45, 7) is -1.32. The van der Waals surface area contributed by atoms with Crippen LogP contribution in [-0.4, -0.2) is 40.3 Å². The summed E-state index contributed by atoms with van der Waals surface area (Å²) < 4.78 is 80.8. The third-order valence-corrected chi connectivity index (χ3v) is 7.92. The van der Waals surface area contributed by atoms with Crippen molar-refractivity contribution in [1.29, 1.82) is 0 Å². The van der Waals surface area contributed by atoms with E-state index in [2.05, 4.69) is 0 Å². The van der Waals surface area contributed by atoms with Crippen LogP contribution >= 0.6 is 0 Å². The second kappa shape index (κ2) is 8.73. The van der Waals surface area contributed by atoms with Crippen LogP contribution in [-0.2, 0) is 35.0 Å². The molecule has 0 unspecified atom stereocenters. The summed E-state index contributed by atoms with van der Waals surface area (Å²) in [5.41, 5.74) is 7.41. The number of nitrogens with zero attached hydrogens (tertiary/aromatic N) is 3. The Balaban J connectivity index is 1.62. The highest BCUT2D eigenvalue weighted by Crippen LogP contribution is 2.43. The molecule has 0 saturated heterocycles. The number of halogens is 4. The molecule has 198 valence electrons. The van der Waals surface area contributed by atoms with E-state index in [1.54, 1.807) is 0 Å². The highest BCUT2D eigenvalue weighted by molar-refractivity contribution is 7.90. The molecule has 7 nitrogen and oxygen atoms in total. The Bertz CT molecular complexity index is 1680. The SMILES string of the molecule is CS(=O)(=O)CCCn1c(Cn2c(=O)n(CC(F)(F)F)c3ccc(F)cc32)cc2cc(C3(N)CC3)ccc21. The zero-order chi connectivity index (χ0) is 26.8. The second-order valence-corrected chi connectivity index (χ2v) is 12.2. The van der Waals surface area contributed by atoms with Crippen molar-refractivity contribution >= 4 is 31.8 Å². The molecule has 0 amide bonds. The Morgan fingerprint density at radius 1 is 0.973 bits per heavy atom. The number of aryl methyl sites for hydroxylation is 1. The van der Waals surface area contributed by atoms with Gasteiger partial charge in [0.05, 0.1) is 23.3 Å². The zero-order valence-electron chi connectivity index (χ0n) is 20.1. The molecule has 1 saturated carbocycles. The minimum absolute atomic E-state index is 0.0236. The summed E-state index contributed by atoms with van der Waals surface area (Å²) in [4.78, 5) is 13.1. The van der Waals surface area contributed by atoms with Gasteiger partial charge in [0, 0.05) is 34.9 Å². The van der Waals surface area contributed by atoms with Gasteiger partial charge in [0.25, 0.3) is 0 Å². The molecule has 0 spiro atoms. The molecule has 2 heterocycles. The first-order chi connectivity index (χ1) is 17.2. The molecule has 0 aliphatic heterocycles. The Kier molecular flexibility index (Phi) is 6.02. The smallest absolute Gasteiger partial charge is 0.343 e. The van der Waals surface area contributed by atoms with Crippen molar-refractivity contribution in [2.45, 2.75) is 50.6 Å². The predicted molar refractivity (Wildman–Crippen MR) is 133 cm³/mol. The number of benzene rings is 2. The van der Waals surface area contributed by atoms with E-state index in [1.165, 1.54) is 6.07 Å². The zero-order valence-corrected chi connectivity index (χ0v) is 20.9. The van der Waals surface area contributed by atoms with Crippen LogP contribution in [0.4, 0.5) is 17.6 Å². The molecule has 2 N–H and O–H groups in total. The third-order valence-electron chi connectivity index (χ3n) is 6.89. The lowest BCUT2D eigenvalue weighted by molar-refractivity contribution is -0.140. The first kappa shape index (κ1) is 25.5. The van der Waals surface area contributed by atoms with Crippen LogP contribution in [0.1, 0.15) is 30.5 Å². The van der Waals surface area contributed by atoms with Crippen molar-refractivity contribution in [2.75, 3.05) is 12.0 Å². The van der Waals surface area contributed by atoms with Crippen LogP contribution in [0.3, 0.4) is 0 Å². The maximum Gasteiger partial charge on any atom is 0.406 e. The van der Waals surface area contributed by atoms with Crippen LogP contribution in [0.15, 0.2) is 47.3 Å². The van der Waals surface area contributed by atoms with Crippen molar-refractivity contribution in [3.8, 4) is 0 Å². The average Bonchev–Trinajstić information content (AvgIpc) is 3.39. The largest absolute Gasteiger partial charge is 0.406 e. The van der Waals surface area contributed by atoms with Crippen LogP contribution in [0.5, 0.6) is 0 Å². The van der Waals surface area contributed by atoms with Gasteiger partial charge < -0.3 is 10.3 Å². The van der Waals surface area contributed by atoms with Crippen LogP contribution in [0.25, 0.3) is 21.9 Å². The van der Waals surface area contributed by atoms with Crippen molar-refractivity contribution < 1.29 is 26.0 Å². The minimum Gasteiger partial charge on any atom is -0.343 e. The van der Waals surface area contributed by atoms with Crippen molar-refractivity contribution in [1.82, 2.24) is 13.7 Å². The summed E-state index contributed by atoms with van der Waals surface area (Å²) in [6.07, 6.45) is -1.47. The van der Waals surface area contributed by atoms with Gasteiger partial charge in [-0.2, -0.15) is 13.2 Å². The topological polar surface area (TPSA) is 92.0 Å². The van der Waals surface area contributed by atoms with E-state index in [0.717, 1.165) is 52.3 Å². The fraction of sp³-hybridized carbons (Fsp3) is 0.400. The van der Waals surface area contributed by atoms with E-state index in [9.17, 15) is 30.8 Å².